The van der Waals surface area contributed by atoms with Crippen LogP contribution in [0.5, 0.6) is 5.75 Å². The third-order valence-corrected chi connectivity index (χ3v) is 3.27. The molecule has 0 saturated carbocycles. The molecule has 0 saturated heterocycles. The van der Waals surface area contributed by atoms with Crippen molar-refractivity contribution in [1.29, 1.82) is 0 Å². The summed E-state index contributed by atoms with van der Waals surface area (Å²) in [4.78, 5) is 0. The highest BCUT2D eigenvalue weighted by Crippen LogP contribution is 2.36. The molecule has 0 radical (unpaired) electrons. The van der Waals surface area contributed by atoms with E-state index in [0.29, 0.717) is 31.1 Å². The van der Waals surface area contributed by atoms with Gasteiger partial charge in [-0.3, -0.25) is 0 Å². The van der Waals surface area contributed by atoms with E-state index >= 15 is 0 Å². The Morgan fingerprint density at radius 2 is 1.89 bits per heavy atom. The van der Waals surface area contributed by atoms with E-state index in [4.69, 9.17) is 15.2 Å². The highest BCUT2D eigenvalue weighted by molar-refractivity contribution is 5.35. The van der Waals surface area contributed by atoms with Gasteiger partial charge in [-0.1, -0.05) is 32.0 Å². The topological polar surface area (TPSA) is 44.5 Å². The molecule has 0 heterocycles. The van der Waals surface area contributed by atoms with Crippen molar-refractivity contribution in [3.8, 4) is 5.75 Å². The smallest absolute Gasteiger partial charge is 0.133 e. The van der Waals surface area contributed by atoms with Crippen molar-refractivity contribution in [2.75, 3.05) is 26.9 Å². The maximum atomic E-state index is 14.6. The van der Waals surface area contributed by atoms with Crippen LogP contribution in [0.1, 0.15) is 25.6 Å². The molecule has 1 aromatic carbocycles. The summed E-state index contributed by atoms with van der Waals surface area (Å²) in [6, 6.07) is 7.20. The highest BCUT2D eigenvalue weighted by Gasteiger charge is 2.26. The lowest BCUT2D eigenvalue weighted by Crippen LogP contribution is -2.25. The van der Waals surface area contributed by atoms with Crippen LogP contribution in [0.15, 0.2) is 24.3 Å². The Bertz CT molecular complexity index is 371. The first-order valence-corrected chi connectivity index (χ1v) is 6.66. The number of hydrogen-bond acceptors (Lipinski definition) is 3. The molecule has 0 fully saturated rings. The van der Waals surface area contributed by atoms with Crippen LogP contribution in [0.4, 0.5) is 4.39 Å². The molecule has 0 aromatic heterocycles. The molecule has 2 N–H and O–H groups in total. The van der Waals surface area contributed by atoms with Crippen LogP contribution in [0, 0.1) is 11.8 Å². The summed E-state index contributed by atoms with van der Waals surface area (Å²) in [6.45, 7) is 5.19. The Hall–Kier alpha value is -1.13. The van der Waals surface area contributed by atoms with E-state index in [-0.39, 0.29) is 11.8 Å². The lowest BCUT2D eigenvalue weighted by Gasteiger charge is -2.24. The lowest BCUT2D eigenvalue weighted by molar-refractivity contribution is 0.140. The SMILES string of the molecule is COCCOc1ccccc1C(F)C(CN)C(C)C. The van der Waals surface area contributed by atoms with Gasteiger partial charge in [-0.05, 0) is 18.5 Å². The number of benzene rings is 1. The van der Waals surface area contributed by atoms with Crippen molar-refractivity contribution in [3.63, 3.8) is 0 Å². The summed E-state index contributed by atoms with van der Waals surface area (Å²) < 4.78 is 25.1. The largest absolute Gasteiger partial charge is 0.491 e. The standard InChI is InChI=1S/C15H24FNO2/c1-11(2)13(10-17)15(16)12-6-4-5-7-14(12)19-9-8-18-3/h4-7,11,13,15H,8-10,17H2,1-3H3. The number of methoxy groups -OCH3 is 1. The van der Waals surface area contributed by atoms with Crippen molar-refractivity contribution in [2.45, 2.75) is 20.0 Å². The van der Waals surface area contributed by atoms with Crippen LogP contribution >= 0.6 is 0 Å². The molecule has 0 spiro atoms. The molecule has 0 aliphatic heterocycles. The number of nitrogens with two attached hydrogens (primary N) is 1. The van der Waals surface area contributed by atoms with E-state index in [1.165, 1.54) is 0 Å². The zero-order valence-corrected chi connectivity index (χ0v) is 11.9. The summed E-state index contributed by atoms with van der Waals surface area (Å²) in [5, 5.41) is 0. The van der Waals surface area contributed by atoms with Crippen molar-refractivity contribution >= 4 is 0 Å². The van der Waals surface area contributed by atoms with Crippen LogP contribution in [0.3, 0.4) is 0 Å². The predicted molar refractivity (Wildman–Crippen MR) is 75.0 cm³/mol. The Kier molecular flexibility index (Phi) is 6.81. The molecule has 108 valence electrons. The predicted octanol–water partition coefficient (Wildman–Crippen LogP) is 2.95. The molecular formula is C15H24FNO2. The molecule has 0 bridgehead atoms. The fourth-order valence-electron chi connectivity index (χ4n) is 2.03. The molecule has 19 heavy (non-hydrogen) atoms. The lowest BCUT2D eigenvalue weighted by atomic mass is 9.87. The van der Waals surface area contributed by atoms with Crippen LogP contribution < -0.4 is 10.5 Å². The number of para-hydroxylation sites is 1. The van der Waals surface area contributed by atoms with Crippen molar-refractivity contribution in [3.05, 3.63) is 29.8 Å². The zero-order valence-electron chi connectivity index (χ0n) is 11.9. The Balaban J connectivity index is 2.85. The molecular weight excluding hydrogens is 245 g/mol. The average Bonchev–Trinajstić information content (AvgIpc) is 2.40. The molecule has 4 heteroatoms. The van der Waals surface area contributed by atoms with Gasteiger partial charge in [0.1, 0.15) is 18.5 Å². The van der Waals surface area contributed by atoms with E-state index in [1.54, 1.807) is 19.2 Å². The van der Waals surface area contributed by atoms with E-state index in [9.17, 15) is 4.39 Å². The number of hydrogen-bond donors (Lipinski definition) is 1. The Morgan fingerprint density at radius 3 is 2.47 bits per heavy atom. The summed E-state index contributed by atoms with van der Waals surface area (Å²) >= 11 is 0. The molecule has 0 aliphatic rings. The highest BCUT2D eigenvalue weighted by atomic mass is 19.1. The van der Waals surface area contributed by atoms with Crippen LogP contribution in [0.2, 0.25) is 0 Å². The third kappa shape index (κ3) is 4.48. The zero-order chi connectivity index (χ0) is 14.3. The average molecular weight is 269 g/mol. The van der Waals surface area contributed by atoms with Crippen LogP contribution in [-0.2, 0) is 4.74 Å². The number of alkyl halides is 1. The van der Waals surface area contributed by atoms with Gasteiger partial charge in [0.15, 0.2) is 0 Å². The van der Waals surface area contributed by atoms with Crippen molar-refractivity contribution in [2.24, 2.45) is 17.6 Å². The molecule has 1 aromatic rings. The fraction of sp³-hybridized carbons (Fsp3) is 0.600. The normalized spacial score (nSPS) is 14.4. The summed E-state index contributed by atoms with van der Waals surface area (Å²) in [7, 11) is 1.61. The van der Waals surface area contributed by atoms with Gasteiger partial charge in [-0.25, -0.2) is 4.39 Å². The van der Waals surface area contributed by atoms with E-state index in [0.717, 1.165) is 0 Å². The van der Waals surface area contributed by atoms with E-state index < -0.39 is 6.17 Å². The molecule has 0 aliphatic carbocycles. The van der Waals surface area contributed by atoms with Crippen LogP contribution in [0.25, 0.3) is 0 Å². The quantitative estimate of drug-likeness (QED) is 0.738. The summed E-state index contributed by atoms with van der Waals surface area (Å²) in [5.41, 5.74) is 6.25. The van der Waals surface area contributed by atoms with Crippen molar-refractivity contribution in [1.82, 2.24) is 0 Å². The van der Waals surface area contributed by atoms with E-state index in [2.05, 4.69) is 0 Å². The molecule has 2 unspecified atom stereocenters. The Morgan fingerprint density at radius 1 is 1.21 bits per heavy atom. The number of halogens is 1. The van der Waals surface area contributed by atoms with Gasteiger partial charge in [0, 0.05) is 18.6 Å². The first kappa shape index (κ1) is 15.9. The van der Waals surface area contributed by atoms with Gasteiger partial charge >= 0.3 is 0 Å². The fourth-order valence-corrected chi connectivity index (χ4v) is 2.03. The minimum Gasteiger partial charge on any atom is -0.491 e. The molecule has 3 nitrogen and oxygen atoms in total. The minimum absolute atomic E-state index is 0.187. The molecule has 2 atom stereocenters. The maximum absolute atomic E-state index is 14.6. The van der Waals surface area contributed by atoms with Crippen LogP contribution in [-0.4, -0.2) is 26.9 Å². The van der Waals surface area contributed by atoms with E-state index in [1.807, 2.05) is 26.0 Å². The molecule has 0 amide bonds. The minimum atomic E-state index is -1.11. The van der Waals surface area contributed by atoms with Gasteiger partial charge in [0.2, 0.25) is 0 Å². The first-order valence-electron chi connectivity index (χ1n) is 6.66. The van der Waals surface area contributed by atoms with Gasteiger partial charge < -0.3 is 15.2 Å². The third-order valence-electron chi connectivity index (χ3n) is 3.27. The second-order valence-corrected chi connectivity index (χ2v) is 4.92. The number of ether oxygens (including phenoxy) is 2. The van der Waals surface area contributed by atoms with Gasteiger partial charge in [-0.15, -0.1) is 0 Å². The van der Waals surface area contributed by atoms with Crippen molar-refractivity contribution < 1.29 is 13.9 Å². The van der Waals surface area contributed by atoms with Gasteiger partial charge in [-0.2, -0.15) is 0 Å². The second kappa shape index (κ2) is 8.12. The van der Waals surface area contributed by atoms with Gasteiger partial charge in [0.05, 0.1) is 6.61 Å². The summed E-state index contributed by atoms with van der Waals surface area (Å²) in [6.07, 6.45) is -1.11. The first-order chi connectivity index (χ1) is 9.11. The monoisotopic (exact) mass is 269 g/mol. The maximum Gasteiger partial charge on any atom is 0.133 e. The van der Waals surface area contributed by atoms with Gasteiger partial charge in [0.25, 0.3) is 0 Å². The number of rotatable bonds is 8. The molecule has 1 rings (SSSR count). The second-order valence-electron chi connectivity index (χ2n) is 4.92. The Labute approximate surface area is 114 Å². The summed E-state index contributed by atoms with van der Waals surface area (Å²) in [5.74, 6) is 0.561.